The molecule has 0 saturated carbocycles. The summed E-state index contributed by atoms with van der Waals surface area (Å²) in [5.41, 5.74) is 3.30. The van der Waals surface area contributed by atoms with E-state index in [9.17, 15) is 13.2 Å². The number of sulfonamides is 1. The van der Waals surface area contributed by atoms with Crippen molar-refractivity contribution < 1.29 is 13.2 Å². The third-order valence-corrected chi connectivity index (χ3v) is 8.17. The van der Waals surface area contributed by atoms with Gasteiger partial charge in [0.1, 0.15) is 0 Å². The Kier molecular flexibility index (Phi) is 6.62. The zero-order valence-corrected chi connectivity index (χ0v) is 18.9. The molecule has 7 heteroatoms. The van der Waals surface area contributed by atoms with Crippen LogP contribution in [0.2, 0.25) is 0 Å². The molecule has 166 valence electrons. The average Bonchev–Trinajstić information content (AvgIpc) is 3.33. The van der Waals surface area contributed by atoms with E-state index in [1.165, 1.54) is 22.8 Å². The molecule has 0 aromatic heterocycles. The van der Waals surface area contributed by atoms with Gasteiger partial charge in [-0.3, -0.25) is 4.79 Å². The second kappa shape index (κ2) is 9.40. The van der Waals surface area contributed by atoms with Gasteiger partial charge in [-0.05, 0) is 62.4 Å². The average molecular weight is 442 g/mol. The lowest BCUT2D eigenvalue weighted by Crippen LogP contribution is -2.45. The smallest absolute Gasteiger partial charge is 0.243 e. The number of piperidine rings is 1. The number of nitrogens with one attached hydrogen (secondary N) is 1. The number of rotatable bonds is 6. The van der Waals surface area contributed by atoms with E-state index in [0.29, 0.717) is 25.9 Å². The highest BCUT2D eigenvalue weighted by Crippen LogP contribution is 2.25. The lowest BCUT2D eigenvalue weighted by Gasteiger charge is -2.31. The Morgan fingerprint density at radius 2 is 1.65 bits per heavy atom. The molecular weight excluding hydrogens is 410 g/mol. The van der Waals surface area contributed by atoms with Gasteiger partial charge in [-0.2, -0.15) is 4.31 Å². The molecule has 2 aliphatic heterocycles. The maximum atomic E-state index is 13.0. The molecule has 2 aliphatic rings. The van der Waals surface area contributed by atoms with E-state index in [2.05, 4.69) is 34.5 Å². The summed E-state index contributed by atoms with van der Waals surface area (Å²) in [4.78, 5) is 15.4. The fourth-order valence-electron chi connectivity index (χ4n) is 4.37. The number of benzene rings is 2. The standard InChI is InChI=1S/C24H31N3O3S/c1-19-6-12-23(13-7-19)31(29,30)27-16-4-5-21(18-27)24(28)25-17-20-8-10-22(11-9-20)26-14-2-3-15-26/h6-13,21H,2-5,14-18H2,1H3,(H,25,28)/t21-/m0/s1. The first-order valence-electron chi connectivity index (χ1n) is 11.1. The lowest BCUT2D eigenvalue weighted by molar-refractivity contribution is -0.126. The minimum absolute atomic E-state index is 0.0765. The van der Waals surface area contributed by atoms with Crippen molar-refractivity contribution in [2.75, 3.05) is 31.1 Å². The number of carbonyl (C=O) groups is 1. The van der Waals surface area contributed by atoms with Gasteiger partial charge in [-0.15, -0.1) is 0 Å². The van der Waals surface area contributed by atoms with Crippen LogP contribution in [-0.2, 0) is 21.4 Å². The van der Waals surface area contributed by atoms with Crippen molar-refractivity contribution in [3.63, 3.8) is 0 Å². The Morgan fingerprint density at radius 3 is 2.32 bits per heavy atom. The highest BCUT2D eigenvalue weighted by Gasteiger charge is 2.33. The van der Waals surface area contributed by atoms with Crippen LogP contribution in [0.25, 0.3) is 0 Å². The van der Waals surface area contributed by atoms with Crippen LogP contribution >= 0.6 is 0 Å². The summed E-state index contributed by atoms with van der Waals surface area (Å²) in [5, 5.41) is 3.00. The molecule has 6 nitrogen and oxygen atoms in total. The molecule has 0 bridgehead atoms. The van der Waals surface area contributed by atoms with E-state index in [-0.39, 0.29) is 23.3 Å². The van der Waals surface area contributed by atoms with E-state index >= 15 is 0 Å². The number of aryl methyl sites for hydroxylation is 1. The Bertz CT molecular complexity index is 997. The Morgan fingerprint density at radius 1 is 0.968 bits per heavy atom. The lowest BCUT2D eigenvalue weighted by atomic mass is 9.98. The van der Waals surface area contributed by atoms with Gasteiger partial charge in [0.15, 0.2) is 0 Å². The van der Waals surface area contributed by atoms with Gasteiger partial charge in [-0.25, -0.2) is 8.42 Å². The predicted octanol–water partition coefficient (Wildman–Crippen LogP) is 3.31. The van der Waals surface area contributed by atoms with Crippen molar-refractivity contribution in [1.82, 2.24) is 9.62 Å². The van der Waals surface area contributed by atoms with Crippen molar-refractivity contribution in [1.29, 1.82) is 0 Å². The summed E-state index contributed by atoms with van der Waals surface area (Å²) < 4.78 is 27.4. The van der Waals surface area contributed by atoms with Crippen molar-refractivity contribution in [2.24, 2.45) is 5.92 Å². The Labute approximate surface area is 185 Å². The van der Waals surface area contributed by atoms with Gasteiger partial charge < -0.3 is 10.2 Å². The number of anilines is 1. The summed E-state index contributed by atoms with van der Waals surface area (Å²) in [6.07, 6.45) is 3.89. The minimum atomic E-state index is -3.58. The monoisotopic (exact) mass is 441 g/mol. The summed E-state index contributed by atoms with van der Waals surface area (Å²) in [5.74, 6) is -0.398. The summed E-state index contributed by atoms with van der Waals surface area (Å²) >= 11 is 0. The molecule has 2 aromatic rings. The quantitative estimate of drug-likeness (QED) is 0.747. The fraction of sp³-hybridized carbons (Fsp3) is 0.458. The zero-order valence-electron chi connectivity index (χ0n) is 18.1. The molecule has 0 spiro atoms. The molecule has 31 heavy (non-hydrogen) atoms. The number of carbonyl (C=O) groups excluding carboxylic acids is 1. The highest BCUT2D eigenvalue weighted by atomic mass is 32.2. The van der Waals surface area contributed by atoms with Crippen LogP contribution in [0, 0.1) is 12.8 Å². The highest BCUT2D eigenvalue weighted by molar-refractivity contribution is 7.89. The van der Waals surface area contributed by atoms with E-state index in [1.54, 1.807) is 24.3 Å². The number of nitrogens with zero attached hydrogens (tertiary/aromatic N) is 2. The van der Waals surface area contributed by atoms with Crippen LogP contribution < -0.4 is 10.2 Å². The van der Waals surface area contributed by atoms with Gasteiger partial charge in [-0.1, -0.05) is 29.8 Å². The van der Waals surface area contributed by atoms with Crippen molar-refractivity contribution in [3.05, 3.63) is 59.7 Å². The van der Waals surface area contributed by atoms with Crippen molar-refractivity contribution >= 4 is 21.6 Å². The normalized spacial score (nSPS) is 20.0. The zero-order chi connectivity index (χ0) is 21.8. The predicted molar refractivity (Wildman–Crippen MR) is 122 cm³/mol. The summed E-state index contributed by atoms with van der Waals surface area (Å²) in [7, 11) is -3.58. The third kappa shape index (κ3) is 5.10. The fourth-order valence-corrected chi connectivity index (χ4v) is 5.89. The van der Waals surface area contributed by atoms with Gasteiger partial charge in [0.2, 0.25) is 15.9 Å². The van der Waals surface area contributed by atoms with Crippen LogP contribution in [0.15, 0.2) is 53.4 Å². The first-order chi connectivity index (χ1) is 14.9. The van der Waals surface area contributed by atoms with E-state index < -0.39 is 10.0 Å². The molecule has 2 saturated heterocycles. The maximum Gasteiger partial charge on any atom is 0.243 e. The number of amides is 1. The molecule has 1 amide bonds. The maximum absolute atomic E-state index is 13.0. The largest absolute Gasteiger partial charge is 0.372 e. The Balaban J connectivity index is 1.34. The second-order valence-electron chi connectivity index (χ2n) is 8.59. The first kappa shape index (κ1) is 21.8. The van der Waals surface area contributed by atoms with E-state index in [0.717, 1.165) is 24.2 Å². The van der Waals surface area contributed by atoms with Crippen LogP contribution in [0.4, 0.5) is 5.69 Å². The van der Waals surface area contributed by atoms with Gasteiger partial charge in [0, 0.05) is 38.4 Å². The molecule has 0 unspecified atom stereocenters. The summed E-state index contributed by atoms with van der Waals surface area (Å²) in [6.45, 7) is 5.30. The van der Waals surface area contributed by atoms with Crippen LogP contribution in [-0.4, -0.2) is 44.8 Å². The van der Waals surface area contributed by atoms with Crippen LogP contribution in [0.1, 0.15) is 36.8 Å². The van der Waals surface area contributed by atoms with Crippen molar-refractivity contribution in [3.8, 4) is 0 Å². The van der Waals surface area contributed by atoms with Crippen LogP contribution in [0.5, 0.6) is 0 Å². The molecule has 2 aromatic carbocycles. The molecule has 0 aliphatic carbocycles. The molecule has 0 radical (unpaired) electrons. The number of hydrogen-bond acceptors (Lipinski definition) is 4. The van der Waals surface area contributed by atoms with Gasteiger partial charge >= 0.3 is 0 Å². The SMILES string of the molecule is Cc1ccc(S(=O)(=O)N2CCC[C@H](C(=O)NCc3ccc(N4CCCC4)cc3)C2)cc1. The van der Waals surface area contributed by atoms with E-state index in [4.69, 9.17) is 0 Å². The Hall–Kier alpha value is -2.38. The van der Waals surface area contributed by atoms with E-state index in [1.807, 2.05) is 6.92 Å². The second-order valence-corrected chi connectivity index (χ2v) is 10.5. The topological polar surface area (TPSA) is 69.7 Å². The minimum Gasteiger partial charge on any atom is -0.372 e. The molecular formula is C24H31N3O3S. The number of hydrogen-bond donors (Lipinski definition) is 1. The molecule has 2 heterocycles. The molecule has 4 rings (SSSR count). The third-order valence-electron chi connectivity index (χ3n) is 6.29. The van der Waals surface area contributed by atoms with Crippen LogP contribution in [0.3, 0.4) is 0 Å². The molecule has 2 fully saturated rings. The first-order valence-corrected chi connectivity index (χ1v) is 12.6. The molecule has 1 atom stereocenters. The van der Waals surface area contributed by atoms with Gasteiger partial charge in [0.25, 0.3) is 0 Å². The van der Waals surface area contributed by atoms with Crippen molar-refractivity contribution in [2.45, 2.75) is 44.0 Å². The summed E-state index contributed by atoms with van der Waals surface area (Å²) in [6, 6.07) is 15.2. The molecule has 1 N–H and O–H groups in total. The van der Waals surface area contributed by atoms with Gasteiger partial charge in [0.05, 0.1) is 10.8 Å².